The van der Waals surface area contributed by atoms with Gasteiger partial charge in [-0.05, 0) is 56.4 Å². The van der Waals surface area contributed by atoms with Gasteiger partial charge in [-0.15, -0.1) is 0 Å². The van der Waals surface area contributed by atoms with Crippen molar-refractivity contribution < 1.29 is 9.21 Å². The molecule has 7 nitrogen and oxygen atoms in total. The standard InChI is InChI=1S/C28H37N5O2/c1-4-31(5-2)16-15-29-27(34)23-11-13-24(14-12-23)28-30-26(22(3)35-28)21-32-17-19-33(20-18-32)25-9-7-6-8-10-25/h6-14H,4-5,15-21H2,1-3H3,(H,29,34). The first-order chi connectivity index (χ1) is 17.1. The van der Waals surface area contributed by atoms with Crippen molar-refractivity contribution in [1.82, 2.24) is 20.1 Å². The summed E-state index contributed by atoms with van der Waals surface area (Å²) < 4.78 is 5.99. The highest BCUT2D eigenvalue weighted by Gasteiger charge is 2.20. The Bertz CT molecular complexity index is 1070. The van der Waals surface area contributed by atoms with Crippen LogP contribution in [0.5, 0.6) is 0 Å². The van der Waals surface area contributed by atoms with Crippen LogP contribution in [-0.2, 0) is 6.54 Å². The maximum atomic E-state index is 12.5. The molecule has 1 amide bonds. The minimum atomic E-state index is -0.0531. The number of hydrogen-bond donors (Lipinski definition) is 1. The molecule has 0 bridgehead atoms. The van der Waals surface area contributed by atoms with Crippen LogP contribution in [0, 0.1) is 6.92 Å². The summed E-state index contributed by atoms with van der Waals surface area (Å²) in [5.74, 6) is 1.40. The van der Waals surface area contributed by atoms with E-state index in [1.807, 2.05) is 31.2 Å². The summed E-state index contributed by atoms with van der Waals surface area (Å²) in [6.45, 7) is 14.5. The van der Waals surface area contributed by atoms with Gasteiger partial charge in [0.25, 0.3) is 5.91 Å². The minimum Gasteiger partial charge on any atom is -0.441 e. The van der Waals surface area contributed by atoms with Crippen molar-refractivity contribution in [3.05, 3.63) is 71.6 Å². The molecule has 7 heteroatoms. The number of nitrogens with one attached hydrogen (secondary N) is 1. The van der Waals surface area contributed by atoms with E-state index in [0.717, 1.165) is 69.4 Å². The predicted octanol–water partition coefficient (Wildman–Crippen LogP) is 4.04. The Morgan fingerprint density at radius 3 is 2.34 bits per heavy atom. The lowest BCUT2D eigenvalue weighted by Crippen LogP contribution is -2.46. The first-order valence-electron chi connectivity index (χ1n) is 12.7. The highest BCUT2D eigenvalue weighted by atomic mass is 16.4. The van der Waals surface area contributed by atoms with Gasteiger partial charge in [-0.1, -0.05) is 32.0 Å². The van der Waals surface area contributed by atoms with Gasteiger partial charge in [0.2, 0.25) is 5.89 Å². The van der Waals surface area contributed by atoms with Crippen molar-refractivity contribution in [2.45, 2.75) is 27.3 Å². The Labute approximate surface area is 208 Å². The van der Waals surface area contributed by atoms with Crippen molar-refractivity contribution in [2.24, 2.45) is 0 Å². The van der Waals surface area contributed by atoms with Crippen LogP contribution in [0.2, 0.25) is 0 Å². The predicted molar refractivity (Wildman–Crippen MR) is 141 cm³/mol. The van der Waals surface area contributed by atoms with E-state index in [0.29, 0.717) is 18.0 Å². The summed E-state index contributed by atoms with van der Waals surface area (Å²) in [6.07, 6.45) is 0. The molecule has 1 N–H and O–H groups in total. The number of anilines is 1. The van der Waals surface area contributed by atoms with Gasteiger partial charge in [-0.3, -0.25) is 9.69 Å². The number of likely N-dealkylation sites (N-methyl/N-ethyl adjacent to an activating group) is 1. The van der Waals surface area contributed by atoms with E-state index in [-0.39, 0.29) is 5.91 Å². The number of piperazine rings is 1. The third-order valence-electron chi connectivity index (χ3n) is 6.76. The SMILES string of the molecule is CCN(CC)CCNC(=O)c1ccc(-c2nc(CN3CCN(c4ccccc4)CC3)c(C)o2)cc1. The van der Waals surface area contributed by atoms with Gasteiger partial charge in [0, 0.05) is 62.6 Å². The highest BCUT2D eigenvalue weighted by Crippen LogP contribution is 2.24. The first-order valence-corrected chi connectivity index (χ1v) is 12.7. The Morgan fingerprint density at radius 2 is 1.69 bits per heavy atom. The molecule has 186 valence electrons. The van der Waals surface area contributed by atoms with Gasteiger partial charge in [0.15, 0.2) is 0 Å². The molecular formula is C28H37N5O2. The van der Waals surface area contributed by atoms with E-state index >= 15 is 0 Å². The third-order valence-corrected chi connectivity index (χ3v) is 6.76. The number of carbonyl (C=O) groups is 1. The maximum absolute atomic E-state index is 12.5. The van der Waals surface area contributed by atoms with Crippen LogP contribution in [0.4, 0.5) is 5.69 Å². The number of amides is 1. The fourth-order valence-corrected chi connectivity index (χ4v) is 4.45. The smallest absolute Gasteiger partial charge is 0.251 e. The van der Waals surface area contributed by atoms with Crippen LogP contribution >= 0.6 is 0 Å². The van der Waals surface area contributed by atoms with Crippen LogP contribution in [0.1, 0.15) is 35.7 Å². The van der Waals surface area contributed by atoms with Gasteiger partial charge in [0.05, 0.1) is 5.69 Å². The quantitative estimate of drug-likeness (QED) is 0.477. The van der Waals surface area contributed by atoms with Crippen LogP contribution in [-0.4, -0.2) is 73.0 Å². The van der Waals surface area contributed by atoms with Gasteiger partial charge in [-0.25, -0.2) is 4.98 Å². The molecule has 0 atom stereocenters. The summed E-state index contributed by atoms with van der Waals surface area (Å²) in [6, 6.07) is 18.1. The van der Waals surface area contributed by atoms with E-state index in [1.165, 1.54) is 5.69 Å². The number of carbonyl (C=O) groups excluding carboxylic acids is 1. The van der Waals surface area contributed by atoms with Crippen molar-refractivity contribution in [3.63, 3.8) is 0 Å². The zero-order valence-electron chi connectivity index (χ0n) is 21.2. The van der Waals surface area contributed by atoms with E-state index in [4.69, 9.17) is 9.40 Å². The number of oxazole rings is 1. The number of benzene rings is 2. The lowest BCUT2D eigenvalue weighted by atomic mass is 10.1. The van der Waals surface area contributed by atoms with Crippen LogP contribution in [0.25, 0.3) is 11.5 Å². The molecule has 1 saturated heterocycles. The number of aromatic nitrogens is 1. The molecule has 0 spiro atoms. The van der Waals surface area contributed by atoms with Crippen molar-refractivity contribution in [1.29, 1.82) is 0 Å². The summed E-state index contributed by atoms with van der Waals surface area (Å²) in [5.41, 5.74) is 3.79. The van der Waals surface area contributed by atoms with Crippen LogP contribution in [0.3, 0.4) is 0 Å². The van der Waals surface area contributed by atoms with Crippen LogP contribution in [0.15, 0.2) is 59.0 Å². The van der Waals surface area contributed by atoms with E-state index in [9.17, 15) is 4.79 Å². The number of para-hydroxylation sites is 1. The average molecular weight is 476 g/mol. The van der Waals surface area contributed by atoms with E-state index < -0.39 is 0 Å². The lowest BCUT2D eigenvalue weighted by Gasteiger charge is -2.35. The number of rotatable bonds is 10. The Kier molecular flexibility index (Phi) is 8.55. The normalized spacial score (nSPS) is 14.5. The van der Waals surface area contributed by atoms with Gasteiger partial charge in [0.1, 0.15) is 5.76 Å². The average Bonchev–Trinajstić information content (AvgIpc) is 3.27. The Morgan fingerprint density at radius 1 is 1.00 bits per heavy atom. The number of aryl methyl sites for hydroxylation is 1. The second-order valence-electron chi connectivity index (χ2n) is 8.98. The Balaban J connectivity index is 1.31. The van der Waals surface area contributed by atoms with E-state index in [2.05, 4.69) is 64.2 Å². The molecule has 1 aromatic heterocycles. The number of nitrogens with zero attached hydrogens (tertiary/aromatic N) is 4. The maximum Gasteiger partial charge on any atom is 0.251 e. The molecule has 4 rings (SSSR count). The molecule has 1 aliphatic rings. The minimum absolute atomic E-state index is 0.0531. The topological polar surface area (TPSA) is 64.9 Å². The van der Waals surface area contributed by atoms with Crippen molar-refractivity contribution in [3.8, 4) is 11.5 Å². The second kappa shape index (κ2) is 12.0. The molecule has 0 radical (unpaired) electrons. The molecule has 0 aliphatic carbocycles. The fourth-order valence-electron chi connectivity index (χ4n) is 4.45. The number of hydrogen-bond acceptors (Lipinski definition) is 6. The van der Waals surface area contributed by atoms with Gasteiger partial charge in [-0.2, -0.15) is 0 Å². The van der Waals surface area contributed by atoms with Crippen molar-refractivity contribution >= 4 is 11.6 Å². The lowest BCUT2D eigenvalue weighted by molar-refractivity contribution is 0.0949. The second-order valence-corrected chi connectivity index (χ2v) is 8.98. The molecule has 2 aromatic carbocycles. The molecule has 35 heavy (non-hydrogen) atoms. The van der Waals surface area contributed by atoms with E-state index in [1.54, 1.807) is 0 Å². The molecular weight excluding hydrogens is 438 g/mol. The summed E-state index contributed by atoms with van der Waals surface area (Å²) in [5, 5.41) is 3.00. The monoisotopic (exact) mass is 475 g/mol. The fraction of sp³-hybridized carbons (Fsp3) is 0.429. The molecule has 0 saturated carbocycles. The zero-order valence-corrected chi connectivity index (χ0v) is 21.2. The largest absolute Gasteiger partial charge is 0.441 e. The first kappa shape index (κ1) is 24.9. The van der Waals surface area contributed by atoms with Gasteiger partial charge >= 0.3 is 0 Å². The molecule has 0 unspecified atom stereocenters. The Hall–Kier alpha value is -3.16. The zero-order chi connectivity index (χ0) is 24.6. The van der Waals surface area contributed by atoms with Crippen molar-refractivity contribution in [2.75, 3.05) is 57.3 Å². The molecule has 2 heterocycles. The molecule has 1 fully saturated rings. The molecule has 3 aromatic rings. The summed E-state index contributed by atoms with van der Waals surface area (Å²) in [4.78, 5) is 24.4. The molecule has 1 aliphatic heterocycles. The highest BCUT2D eigenvalue weighted by molar-refractivity contribution is 5.94. The van der Waals surface area contributed by atoms with Crippen LogP contribution < -0.4 is 10.2 Å². The van der Waals surface area contributed by atoms with Gasteiger partial charge < -0.3 is 19.5 Å². The summed E-state index contributed by atoms with van der Waals surface area (Å²) >= 11 is 0. The third kappa shape index (κ3) is 6.50. The summed E-state index contributed by atoms with van der Waals surface area (Å²) in [7, 11) is 0.